The molecule has 0 aliphatic carbocycles. The zero-order valence-electron chi connectivity index (χ0n) is 9.14. The van der Waals surface area contributed by atoms with E-state index >= 15 is 0 Å². The van der Waals surface area contributed by atoms with Crippen molar-refractivity contribution in [1.82, 2.24) is 0 Å². The summed E-state index contributed by atoms with van der Waals surface area (Å²) >= 11 is 0. The minimum absolute atomic E-state index is 0.177. The summed E-state index contributed by atoms with van der Waals surface area (Å²) in [7, 11) is 0. The molecule has 78 valence electrons. The Balaban J connectivity index is 2.60. The predicted octanol–water partition coefficient (Wildman–Crippen LogP) is 3.32. The van der Waals surface area contributed by atoms with Crippen LogP contribution in [0.4, 0.5) is 0 Å². The molecule has 0 saturated heterocycles. The molecule has 0 bridgehead atoms. The molecule has 0 heterocycles. The highest BCUT2D eigenvalue weighted by atomic mass is 16.3. The van der Waals surface area contributed by atoms with Gasteiger partial charge in [-0.25, -0.2) is 0 Å². The number of benzene rings is 2. The molecular formula is C14H16O. The van der Waals surface area contributed by atoms with Crippen LogP contribution < -0.4 is 0 Å². The van der Waals surface area contributed by atoms with Gasteiger partial charge in [-0.2, -0.15) is 0 Å². The maximum Gasteiger partial charge on any atom is 0.0578 e. The van der Waals surface area contributed by atoms with Crippen molar-refractivity contribution >= 4 is 10.8 Å². The quantitative estimate of drug-likeness (QED) is 0.788. The fourth-order valence-electron chi connectivity index (χ4n) is 1.91. The number of hydrogen-bond donors (Lipinski definition) is 1. The number of fused-ring (bicyclic) bond motifs is 1. The summed E-state index contributed by atoms with van der Waals surface area (Å²) in [6.45, 7) is 3.90. The normalized spacial score (nSPS) is 15.1. The maximum absolute atomic E-state index is 9.63. The van der Waals surface area contributed by atoms with Crippen LogP contribution in [0.5, 0.6) is 0 Å². The van der Waals surface area contributed by atoms with E-state index in [2.05, 4.69) is 37.3 Å². The van der Waals surface area contributed by atoms with Crippen molar-refractivity contribution in [2.45, 2.75) is 25.9 Å². The SMILES string of the molecule is CC(O)C(C)c1cccc2ccccc12. The topological polar surface area (TPSA) is 20.2 Å². The molecule has 0 aliphatic heterocycles. The van der Waals surface area contributed by atoms with Gasteiger partial charge in [0.15, 0.2) is 0 Å². The van der Waals surface area contributed by atoms with Crippen LogP contribution in [0.1, 0.15) is 25.3 Å². The molecule has 0 aliphatic rings. The molecule has 0 radical (unpaired) electrons. The Hall–Kier alpha value is -1.34. The van der Waals surface area contributed by atoms with Gasteiger partial charge in [0, 0.05) is 5.92 Å². The van der Waals surface area contributed by atoms with Gasteiger partial charge in [-0.05, 0) is 23.3 Å². The van der Waals surface area contributed by atoms with Crippen molar-refractivity contribution in [3.63, 3.8) is 0 Å². The van der Waals surface area contributed by atoms with Gasteiger partial charge in [-0.1, -0.05) is 49.4 Å². The van der Waals surface area contributed by atoms with Gasteiger partial charge in [-0.15, -0.1) is 0 Å². The van der Waals surface area contributed by atoms with Gasteiger partial charge in [0.1, 0.15) is 0 Å². The van der Waals surface area contributed by atoms with E-state index in [9.17, 15) is 5.11 Å². The van der Waals surface area contributed by atoms with Crippen molar-refractivity contribution in [3.8, 4) is 0 Å². The lowest BCUT2D eigenvalue weighted by atomic mass is 9.91. The lowest BCUT2D eigenvalue weighted by Gasteiger charge is -2.17. The highest BCUT2D eigenvalue weighted by Gasteiger charge is 2.13. The molecule has 0 aromatic heterocycles. The third-order valence-corrected chi connectivity index (χ3v) is 3.04. The van der Waals surface area contributed by atoms with Crippen LogP contribution in [-0.4, -0.2) is 11.2 Å². The van der Waals surface area contributed by atoms with E-state index in [1.807, 2.05) is 19.1 Å². The predicted molar refractivity (Wildman–Crippen MR) is 64.0 cm³/mol. The second kappa shape index (κ2) is 4.03. The summed E-state index contributed by atoms with van der Waals surface area (Å²) in [5, 5.41) is 12.1. The molecule has 2 aromatic rings. The Kier molecular flexibility index (Phi) is 2.74. The molecule has 0 saturated carbocycles. The summed E-state index contributed by atoms with van der Waals surface area (Å²) in [5.74, 6) is 0.177. The van der Waals surface area contributed by atoms with E-state index in [1.54, 1.807) is 0 Å². The molecule has 2 atom stereocenters. The van der Waals surface area contributed by atoms with Gasteiger partial charge in [0.2, 0.25) is 0 Å². The first kappa shape index (κ1) is 10.2. The second-order valence-corrected chi connectivity index (χ2v) is 4.10. The Morgan fingerprint density at radius 1 is 0.933 bits per heavy atom. The molecule has 2 unspecified atom stereocenters. The third kappa shape index (κ3) is 1.88. The number of aliphatic hydroxyl groups excluding tert-OH is 1. The first-order valence-corrected chi connectivity index (χ1v) is 5.36. The van der Waals surface area contributed by atoms with E-state index < -0.39 is 0 Å². The van der Waals surface area contributed by atoms with E-state index in [0.29, 0.717) is 0 Å². The van der Waals surface area contributed by atoms with Crippen LogP contribution in [-0.2, 0) is 0 Å². The Morgan fingerprint density at radius 2 is 1.60 bits per heavy atom. The minimum atomic E-state index is -0.309. The first-order valence-electron chi connectivity index (χ1n) is 5.36. The fraction of sp³-hybridized carbons (Fsp3) is 0.286. The maximum atomic E-state index is 9.63. The van der Waals surface area contributed by atoms with Gasteiger partial charge >= 0.3 is 0 Å². The molecule has 0 spiro atoms. The summed E-state index contributed by atoms with van der Waals surface area (Å²) < 4.78 is 0. The molecule has 2 rings (SSSR count). The minimum Gasteiger partial charge on any atom is -0.393 e. The van der Waals surface area contributed by atoms with Crippen LogP contribution in [0.3, 0.4) is 0 Å². The van der Waals surface area contributed by atoms with Crippen molar-refractivity contribution in [2.24, 2.45) is 0 Å². The zero-order valence-corrected chi connectivity index (χ0v) is 9.14. The van der Waals surface area contributed by atoms with E-state index in [1.165, 1.54) is 16.3 Å². The van der Waals surface area contributed by atoms with Crippen LogP contribution in [0.15, 0.2) is 42.5 Å². The highest BCUT2D eigenvalue weighted by molar-refractivity contribution is 5.86. The molecule has 1 heteroatoms. The van der Waals surface area contributed by atoms with Gasteiger partial charge in [0.25, 0.3) is 0 Å². The lowest BCUT2D eigenvalue weighted by molar-refractivity contribution is 0.169. The Bertz CT molecular complexity index is 454. The monoisotopic (exact) mass is 200 g/mol. The molecule has 15 heavy (non-hydrogen) atoms. The van der Waals surface area contributed by atoms with E-state index in [4.69, 9.17) is 0 Å². The number of aliphatic hydroxyl groups is 1. The van der Waals surface area contributed by atoms with Gasteiger partial charge < -0.3 is 5.11 Å². The van der Waals surface area contributed by atoms with Crippen LogP contribution in [0.2, 0.25) is 0 Å². The average molecular weight is 200 g/mol. The number of rotatable bonds is 2. The van der Waals surface area contributed by atoms with Crippen molar-refractivity contribution in [3.05, 3.63) is 48.0 Å². The molecule has 0 fully saturated rings. The highest BCUT2D eigenvalue weighted by Crippen LogP contribution is 2.27. The second-order valence-electron chi connectivity index (χ2n) is 4.10. The smallest absolute Gasteiger partial charge is 0.0578 e. The standard InChI is InChI=1S/C14H16O/c1-10(11(2)15)13-9-5-7-12-6-3-4-8-14(12)13/h3-11,15H,1-2H3. The van der Waals surface area contributed by atoms with Crippen LogP contribution >= 0.6 is 0 Å². The summed E-state index contributed by atoms with van der Waals surface area (Å²) in [4.78, 5) is 0. The average Bonchev–Trinajstić information content (AvgIpc) is 2.27. The van der Waals surface area contributed by atoms with E-state index in [-0.39, 0.29) is 12.0 Å². The lowest BCUT2D eigenvalue weighted by Crippen LogP contribution is -2.11. The van der Waals surface area contributed by atoms with Crippen molar-refractivity contribution < 1.29 is 5.11 Å². The van der Waals surface area contributed by atoms with Crippen molar-refractivity contribution in [1.29, 1.82) is 0 Å². The van der Waals surface area contributed by atoms with E-state index in [0.717, 1.165) is 0 Å². The molecule has 0 amide bonds. The van der Waals surface area contributed by atoms with Gasteiger partial charge in [0.05, 0.1) is 6.10 Å². The summed E-state index contributed by atoms with van der Waals surface area (Å²) in [5.41, 5.74) is 1.23. The molecular weight excluding hydrogens is 184 g/mol. The van der Waals surface area contributed by atoms with Crippen LogP contribution in [0, 0.1) is 0 Å². The van der Waals surface area contributed by atoms with Crippen LogP contribution in [0.25, 0.3) is 10.8 Å². The molecule has 1 nitrogen and oxygen atoms in total. The molecule has 1 N–H and O–H groups in total. The molecule has 2 aromatic carbocycles. The fourth-order valence-corrected chi connectivity index (χ4v) is 1.91. The Morgan fingerprint density at radius 3 is 2.33 bits per heavy atom. The summed E-state index contributed by atoms with van der Waals surface area (Å²) in [6.07, 6.45) is -0.309. The first-order chi connectivity index (χ1) is 7.20. The summed E-state index contributed by atoms with van der Waals surface area (Å²) in [6, 6.07) is 14.6. The van der Waals surface area contributed by atoms with Crippen molar-refractivity contribution in [2.75, 3.05) is 0 Å². The number of hydrogen-bond acceptors (Lipinski definition) is 1. The zero-order chi connectivity index (χ0) is 10.8. The largest absolute Gasteiger partial charge is 0.393 e. The third-order valence-electron chi connectivity index (χ3n) is 3.04. The van der Waals surface area contributed by atoms with Gasteiger partial charge in [-0.3, -0.25) is 0 Å². The Labute approximate surface area is 90.4 Å².